The molecule has 0 unspecified atom stereocenters. The number of aromatic nitrogens is 1. The number of benzene rings is 1. The van der Waals surface area contributed by atoms with E-state index in [1.54, 1.807) is 51.1 Å². The van der Waals surface area contributed by atoms with Crippen molar-refractivity contribution in [3.63, 3.8) is 0 Å². The number of aromatic amines is 1. The highest BCUT2D eigenvalue weighted by molar-refractivity contribution is 5.72. The zero-order valence-corrected chi connectivity index (χ0v) is 13.8. The molecule has 24 heavy (non-hydrogen) atoms. The first kappa shape index (κ1) is 17.3. The zero-order chi connectivity index (χ0) is 17.7. The van der Waals surface area contributed by atoms with E-state index in [1.807, 2.05) is 6.07 Å². The Morgan fingerprint density at radius 3 is 2.54 bits per heavy atom. The van der Waals surface area contributed by atoms with E-state index in [0.29, 0.717) is 17.0 Å². The Morgan fingerprint density at radius 2 is 1.96 bits per heavy atom. The predicted octanol–water partition coefficient (Wildman–Crippen LogP) is 2.55. The largest absolute Gasteiger partial charge is 0.482 e. The molecule has 0 aliphatic rings. The molecular weight excluding hydrogens is 308 g/mol. The van der Waals surface area contributed by atoms with Crippen molar-refractivity contribution >= 4 is 5.97 Å². The summed E-state index contributed by atoms with van der Waals surface area (Å²) >= 11 is 0. The van der Waals surface area contributed by atoms with Crippen molar-refractivity contribution in [2.24, 2.45) is 0 Å². The summed E-state index contributed by atoms with van der Waals surface area (Å²) in [5.74, 6) is 0.0607. The van der Waals surface area contributed by atoms with Crippen LogP contribution in [-0.2, 0) is 9.53 Å². The molecule has 6 heteroatoms. The van der Waals surface area contributed by atoms with Crippen LogP contribution < -0.4 is 10.3 Å². The normalized spacial score (nSPS) is 10.3. The lowest BCUT2D eigenvalue weighted by atomic mass is 10.0. The lowest BCUT2D eigenvalue weighted by Gasteiger charge is -2.10. The van der Waals surface area contributed by atoms with Crippen LogP contribution in [-0.4, -0.2) is 23.7 Å². The molecule has 1 aromatic heterocycles. The second-order valence-corrected chi connectivity index (χ2v) is 5.53. The third kappa shape index (κ3) is 4.23. The Hall–Kier alpha value is -3.07. The van der Waals surface area contributed by atoms with E-state index in [2.05, 4.69) is 4.98 Å². The lowest BCUT2D eigenvalue weighted by Crippen LogP contribution is -2.18. The second kappa shape index (κ2) is 7.47. The summed E-state index contributed by atoms with van der Waals surface area (Å²) < 4.78 is 10.3. The molecule has 124 valence electrons. The maximum absolute atomic E-state index is 11.8. The summed E-state index contributed by atoms with van der Waals surface area (Å²) in [7, 11) is 0. The van der Waals surface area contributed by atoms with Crippen molar-refractivity contribution in [1.29, 1.82) is 5.26 Å². The van der Waals surface area contributed by atoms with Crippen LogP contribution >= 0.6 is 0 Å². The molecule has 1 heterocycles. The van der Waals surface area contributed by atoms with Crippen LogP contribution in [0.5, 0.6) is 5.75 Å². The number of hydrogen-bond donors (Lipinski definition) is 1. The number of pyridine rings is 1. The number of nitrogens with one attached hydrogen (secondary N) is 1. The van der Waals surface area contributed by atoms with Crippen molar-refractivity contribution < 1.29 is 14.3 Å². The number of carbonyl (C=O) groups is 1. The molecule has 0 fully saturated rings. The fourth-order valence-electron chi connectivity index (χ4n) is 2.20. The van der Waals surface area contributed by atoms with E-state index >= 15 is 0 Å². The van der Waals surface area contributed by atoms with Crippen LogP contribution in [0.15, 0.2) is 35.1 Å². The maximum Gasteiger partial charge on any atom is 0.344 e. The monoisotopic (exact) mass is 326 g/mol. The van der Waals surface area contributed by atoms with Gasteiger partial charge in [0.2, 0.25) is 0 Å². The van der Waals surface area contributed by atoms with Gasteiger partial charge >= 0.3 is 5.97 Å². The summed E-state index contributed by atoms with van der Waals surface area (Å²) in [6.45, 7) is 5.11. The summed E-state index contributed by atoms with van der Waals surface area (Å²) in [4.78, 5) is 25.9. The number of nitriles is 1. The highest BCUT2D eigenvalue weighted by atomic mass is 16.6. The zero-order valence-electron chi connectivity index (χ0n) is 13.8. The van der Waals surface area contributed by atoms with E-state index in [4.69, 9.17) is 9.47 Å². The van der Waals surface area contributed by atoms with Crippen molar-refractivity contribution in [3.05, 3.63) is 51.9 Å². The van der Waals surface area contributed by atoms with E-state index in [-0.39, 0.29) is 18.3 Å². The van der Waals surface area contributed by atoms with Gasteiger partial charge in [-0.05, 0) is 44.5 Å². The number of H-pyrrole nitrogens is 1. The maximum atomic E-state index is 11.8. The van der Waals surface area contributed by atoms with Gasteiger partial charge < -0.3 is 14.5 Å². The molecule has 0 bridgehead atoms. The van der Waals surface area contributed by atoms with Gasteiger partial charge in [-0.1, -0.05) is 12.1 Å². The quantitative estimate of drug-likeness (QED) is 0.852. The molecule has 2 rings (SSSR count). The average Bonchev–Trinajstić information content (AvgIpc) is 2.52. The molecule has 0 spiro atoms. The minimum atomic E-state index is -0.439. The molecule has 1 N–H and O–H groups in total. The highest BCUT2D eigenvalue weighted by Gasteiger charge is 2.11. The third-order valence-electron chi connectivity index (χ3n) is 3.17. The van der Waals surface area contributed by atoms with Gasteiger partial charge in [0.15, 0.2) is 6.61 Å². The van der Waals surface area contributed by atoms with Crippen molar-refractivity contribution in [3.8, 4) is 22.9 Å². The van der Waals surface area contributed by atoms with Gasteiger partial charge in [-0.3, -0.25) is 4.79 Å². The SMILES string of the molecule is Cc1cc(-c2ccc(OCC(=O)OC(C)C)cc2)c(C#N)c(=O)[nH]1. The highest BCUT2D eigenvalue weighted by Crippen LogP contribution is 2.24. The number of hydrogen-bond acceptors (Lipinski definition) is 5. The molecule has 0 saturated carbocycles. The number of carbonyl (C=O) groups excluding carboxylic acids is 1. The molecule has 1 aromatic carbocycles. The molecule has 0 atom stereocenters. The van der Waals surface area contributed by atoms with Gasteiger partial charge in [0.1, 0.15) is 17.4 Å². The first-order valence-corrected chi connectivity index (χ1v) is 7.47. The van der Waals surface area contributed by atoms with Crippen molar-refractivity contribution in [1.82, 2.24) is 4.98 Å². The minimum absolute atomic E-state index is 0.0646. The van der Waals surface area contributed by atoms with Gasteiger partial charge in [-0.15, -0.1) is 0 Å². The third-order valence-corrected chi connectivity index (χ3v) is 3.17. The summed E-state index contributed by atoms with van der Waals surface area (Å²) in [6.07, 6.45) is -0.188. The molecule has 2 aromatic rings. The van der Waals surface area contributed by atoms with Crippen LogP contribution in [0.2, 0.25) is 0 Å². The first-order valence-electron chi connectivity index (χ1n) is 7.47. The van der Waals surface area contributed by atoms with E-state index in [1.165, 1.54) is 0 Å². The summed E-state index contributed by atoms with van der Waals surface area (Å²) in [5, 5.41) is 9.18. The fourth-order valence-corrected chi connectivity index (χ4v) is 2.20. The van der Waals surface area contributed by atoms with Crippen LogP contribution in [0, 0.1) is 18.3 Å². The number of aryl methyl sites for hydroxylation is 1. The molecule has 0 aliphatic heterocycles. The lowest BCUT2D eigenvalue weighted by molar-refractivity contribution is -0.149. The Morgan fingerprint density at radius 1 is 1.29 bits per heavy atom. The van der Waals surface area contributed by atoms with Gasteiger partial charge in [0.05, 0.1) is 6.10 Å². The van der Waals surface area contributed by atoms with Gasteiger partial charge in [-0.2, -0.15) is 5.26 Å². The van der Waals surface area contributed by atoms with Gasteiger partial charge in [0, 0.05) is 11.3 Å². The Bertz CT molecular complexity index is 830. The van der Waals surface area contributed by atoms with Crippen LogP contribution in [0.4, 0.5) is 0 Å². The molecule has 0 amide bonds. The topological polar surface area (TPSA) is 92.2 Å². The van der Waals surface area contributed by atoms with Crippen LogP contribution in [0.1, 0.15) is 25.1 Å². The van der Waals surface area contributed by atoms with E-state index < -0.39 is 11.5 Å². The standard InChI is InChI=1S/C18H18N2O4/c1-11(2)24-17(21)10-23-14-6-4-13(5-7-14)15-8-12(3)20-18(22)16(15)9-19/h4-8,11H,10H2,1-3H3,(H,20,22). The Labute approximate surface area is 139 Å². The first-order chi connectivity index (χ1) is 11.4. The number of nitrogens with zero attached hydrogens (tertiary/aromatic N) is 1. The predicted molar refractivity (Wildman–Crippen MR) is 88.7 cm³/mol. The summed E-state index contributed by atoms with van der Waals surface area (Å²) in [6, 6.07) is 10.5. The second-order valence-electron chi connectivity index (χ2n) is 5.53. The van der Waals surface area contributed by atoms with E-state index in [9.17, 15) is 14.9 Å². The van der Waals surface area contributed by atoms with Crippen molar-refractivity contribution in [2.75, 3.05) is 6.61 Å². The minimum Gasteiger partial charge on any atom is -0.482 e. The average molecular weight is 326 g/mol. The number of rotatable bonds is 5. The van der Waals surface area contributed by atoms with Crippen LogP contribution in [0.25, 0.3) is 11.1 Å². The number of esters is 1. The molecule has 0 saturated heterocycles. The van der Waals surface area contributed by atoms with Crippen LogP contribution in [0.3, 0.4) is 0 Å². The fraction of sp³-hybridized carbons (Fsp3) is 0.278. The molecule has 0 aliphatic carbocycles. The summed E-state index contributed by atoms with van der Waals surface area (Å²) in [5.41, 5.74) is 1.60. The van der Waals surface area contributed by atoms with E-state index in [0.717, 1.165) is 5.56 Å². The van der Waals surface area contributed by atoms with Crippen molar-refractivity contribution in [2.45, 2.75) is 26.9 Å². The molecule has 6 nitrogen and oxygen atoms in total. The Balaban J connectivity index is 2.18. The van der Waals surface area contributed by atoms with Gasteiger partial charge in [0.25, 0.3) is 5.56 Å². The number of ether oxygens (including phenoxy) is 2. The molecular formula is C18H18N2O4. The molecule has 0 radical (unpaired) electrons. The van der Waals surface area contributed by atoms with Gasteiger partial charge in [-0.25, -0.2) is 4.79 Å². The Kier molecular flexibility index (Phi) is 5.38. The smallest absolute Gasteiger partial charge is 0.344 e.